The lowest BCUT2D eigenvalue weighted by Gasteiger charge is -2.23. The normalized spacial score (nSPS) is 14.9. The number of halogens is 3. The van der Waals surface area contributed by atoms with Crippen LogP contribution in [-0.4, -0.2) is 20.3 Å². The Morgan fingerprint density at radius 3 is 2.38 bits per heavy atom. The van der Waals surface area contributed by atoms with Crippen LogP contribution in [0.4, 0.5) is 13.2 Å². The van der Waals surface area contributed by atoms with Crippen LogP contribution < -0.4 is 0 Å². The molecule has 0 radical (unpaired) electrons. The molecule has 0 bridgehead atoms. The number of aliphatic hydroxyl groups is 1. The molecule has 1 atom stereocenters. The fourth-order valence-corrected chi connectivity index (χ4v) is 2.13. The quantitative estimate of drug-likeness (QED) is 0.920. The number of imidazole rings is 1. The third-order valence-electron chi connectivity index (χ3n) is 3.32. The molecule has 3 nitrogen and oxygen atoms in total. The van der Waals surface area contributed by atoms with Crippen LogP contribution in [-0.2, 0) is 19.1 Å². The lowest BCUT2D eigenvalue weighted by Crippen LogP contribution is -2.30. The molecule has 0 aliphatic heterocycles. The van der Waals surface area contributed by atoms with Crippen molar-refractivity contribution in [3.05, 3.63) is 54.1 Å². The van der Waals surface area contributed by atoms with Gasteiger partial charge in [0, 0.05) is 12.4 Å². The van der Waals surface area contributed by atoms with Crippen LogP contribution in [0, 0.1) is 0 Å². The molecule has 0 fully saturated rings. The van der Waals surface area contributed by atoms with Gasteiger partial charge < -0.3 is 9.67 Å². The second kappa shape index (κ2) is 5.89. The third kappa shape index (κ3) is 4.60. The van der Waals surface area contributed by atoms with Crippen molar-refractivity contribution in [2.24, 2.45) is 0 Å². The van der Waals surface area contributed by atoms with Crippen molar-refractivity contribution < 1.29 is 18.3 Å². The van der Waals surface area contributed by atoms with Gasteiger partial charge in [0.05, 0.1) is 24.0 Å². The van der Waals surface area contributed by atoms with E-state index in [2.05, 4.69) is 4.98 Å². The molecule has 2 aromatic rings. The predicted molar refractivity (Wildman–Crippen MR) is 72.6 cm³/mol. The Bertz CT molecular complexity index is 560. The van der Waals surface area contributed by atoms with Gasteiger partial charge in [-0.1, -0.05) is 12.1 Å². The number of aryl methyl sites for hydroxylation is 1. The highest BCUT2D eigenvalue weighted by atomic mass is 19.4. The first-order valence-electron chi connectivity index (χ1n) is 6.60. The number of rotatable bonds is 5. The first kappa shape index (κ1) is 15.6. The summed E-state index contributed by atoms with van der Waals surface area (Å²) in [5.41, 5.74) is -0.825. The fourth-order valence-electron chi connectivity index (χ4n) is 2.13. The van der Waals surface area contributed by atoms with Crippen molar-refractivity contribution >= 4 is 0 Å². The number of nitrogens with zero attached hydrogens (tertiary/aromatic N) is 2. The molecule has 114 valence electrons. The lowest BCUT2D eigenvalue weighted by atomic mass is 9.96. The molecule has 6 heteroatoms. The number of alkyl halides is 3. The smallest absolute Gasteiger partial charge is 0.388 e. The SMILES string of the molecule is CC(O)(CCc1ccc(C(F)(F)F)cc1)Cn1ccnc1. The van der Waals surface area contributed by atoms with Crippen molar-refractivity contribution in [2.45, 2.75) is 38.1 Å². The van der Waals surface area contributed by atoms with E-state index < -0.39 is 17.3 Å². The number of hydrogen-bond acceptors (Lipinski definition) is 2. The van der Waals surface area contributed by atoms with Gasteiger partial charge in [0.15, 0.2) is 0 Å². The maximum atomic E-state index is 12.5. The Labute approximate surface area is 121 Å². The van der Waals surface area contributed by atoms with Crippen molar-refractivity contribution in [1.29, 1.82) is 0 Å². The van der Waals surface area contributed by atoms with Crippen molar-refractivity contribution in [3.8, 4) is 0 Å². The maximum Gasteiger partial charge on any atom is 0.416 e. The van der Waals surface area contributed by atoms with Crippen LogP contribution in [0.1, 0.15) is 24.5 Å². The molecule has 2 rings (SSSR count). The summed E-state index contributed by atoms with van der Waals surface area (Å²) < 4.78 is 39.1. The van der Waals surface area contributed by atoms with E-state index >= 15 is 0 Å². The largest absolute Gasteiger partial charge is 0.416 e. The van der Waals surface area contributed by atoms with Gasteiger partial charge in [-0.05, 0) is 37.5 Å². The van der Waals surface area contributed by atoms with Crippen molar-refractivity contribution in [3.63, 3.8) is 0 Å². The maximum absolute atomic E-state index is 12.5. The van der Waals surface area contributed by atoms with E-state index in [1.165, 1.54) is 12.1 Å². The van der Waals surface area contributed by atoms with Gasteiger partial charge >= 0.3 is 6.18 Å². The second-order valence-electron chi connectivity index (χ2n) is 5.43. The van der Waals surface area contributed by atoms with Crippen LogP contribution in [0.15, 0.2) is 43.0 Å². The van der Waals surface area contributed by atoms with Crippen LogP contribution >= 0.6 is 0 Å². The van der Waals surface area contributed by atoms with Crippen LogP contribution in [0.2, 0.25) is 0 Å². The van der Waals surface area contributed by atoms with E-state index in [1.807, 2.05) is 0 Å². The third-order valence-corrected chi connectivity index (χ3v) is 3.32. The average Bonchev–Trinajstić information content (AvgIpc) is 2.88. The predicted octanol–water partition coefficient (Wildman–Crippen LogP) is 3.29. The molecule has 21 heavy (non-hydrogen) atoms. The highest BCUT2D eigenvalue weighted by molar-refractivity contribution is 5.24. The second-order valence-corrected chi connectivity index (χ2v) is 5.43. The van der Waals surface area contributed by atoms with Gasteiger partial charge in [0.2, 0.25) is 0 Å². The molecule has 0 aliphatic rings. The van der Waals surface area contributed by atoms with Gasteiger partial charge in [0.25, 0.3) is 0 Å². The Kier molecular flexibility index (Phi) is 4.37. The standard InChI is InChI=1S/C15H17F3N2O/c1-14(21,10-20-9-8-19-11-20)7-6-12-2-4-13(5-3-12)15(16,17)18/h2-5,8-9,11,21H,6-7,10H2,1H3. The Hall–Kier alpha value is -1.82. The lowest BCUT2D eigenvalue weighted by molar-refractivity contribution is -0.137. The molecule has 0 saturated heterocycles. The van der Waals surface area contributed by atoms with E-state index in [4.69, 9.17) is 0 Å². The number of aromatic nitrogens is 2. The summed E-state index contributed by atoms with van der Waals surface area (Å²) in [7, 11) is 0. The minimum absolute atomic E-state index is 0.396. The molecule has 1 unspecified atom stereocenters. The Morgan fingerprint density at radius 2 is 1.86 bits per heavy atom. The molecular formula is C15H17F3N2O. The number of benzene rings is 1. The minimum Gasteiger partial charge on any atom is -0.388 e. The fraction of sp³-hybridized carbons (Fsp3) is 0.400. The summed E-state index contributed by atoms with van der Waals surface area (Å²) in [6.07, 6.45) is 1.66. The summed E-state index contributed by atoms with van der Waals surface area (Å²) in [6, 6.07) is 5.05. The summed E-state index contributed by atoms with van der Waals surface area (Å²) in [4.78, 5) is 3.90. The highest BCUT2D eigenvalue weighted by Crippen LogP contribution is 2.29. The average molecular weight is 298 g/mol. The van der Waals surface area contributed by atoms with Gasteiger partial charge in [-0.3, -0.25) is 0 Å². The number of hydrogen-bond donors (Lipinski definition) is 1. The molecule has 0 saturated carbocycles. The Morgan fingerprint density at radius 1 is 1.19 bits per heavy atom. The molecule has 1 N–H and O–H groups in total. The monoisotopic (exact) mass is 298 g/mol. The molecule has 0 aliphatic carbocycles. The highest BCUT2D eigenvalue weighted by Gasteiger charge is 2.30. The molecule has 1 heterocycles. The first-order chi connectivity index (χ1) is 9.76. The van der Waals surface area contributed by atoms with E-state index in [0.29, 0.717) is 19.4 Å². The summed E-state index contributed by atoms with van der Waals surface area (Å²) in [5, 5.41) is 10.3. The minimum atomic E-state index is -4.31. The molecular weight excluding hydrogens is 281 g/mol. The van der Waals surface area contributed by atoms with Gasteiger partial charge in [-0.25, -0.2) is 4.98 Å². The van der Waals surface area contributed by atoms with E-state index in [-0.39, 0.29) is 0 Å². The summed E-state index contributed by atoms with van der Waals surface area (Å²) in [5.74, 6) is 0. The van der Waals surface area contributed by atoms with E-state index in [1.54, 1.807) is 30.2 Å². The van der Waals surface area contributed by atoms with Gasteiger partial charge in [0.1, 0.15) is 0 Å². The summed E-state index contributed by atoms with van der Waals surface area (Å²) in [6.45, 7) is 2.10. The molecule has 0 spiro atoms. The zero-order chi connectivity index (χ0) is 15.5. The van der Waals surface area contributed by atoms with Crippen LogP contribution in [0.5, 0.6) is 0 Å². The molecule has 1 aromatic carbocycles. The topological polar surface area (TPSA) is 38.0 Å². The van der Waals surface area contributed by atoms with Crippen molar-refractivity contribution in [2.75, 3.05) is 0 Å². The molecule has 0 amide bonds. The molecule has 1 aromatic heterocycles. The first-order valence-corrected chi connectivity index (χ1v) is 6.60. The van der Waals surface area contributed by atoms with Crippen LogP contribution in [0.3, 0.4) is 0 Å². The van der Waals surface area contributed by atoms with E-state index in [9.17, 15) is 18.3 Å². The van der Waals surface area contributed by atoms with Gasteiger partial charge in [-0.15, -0.1) is 0 Å². The summed E-state index contributed by atoms with van der Waals surface area (Å²) >= 11 is 0. The zero-order valence-corrected chi connectivity index (χ0v) is 11.6. The van der Waals surface area contributed by atoms with E-state index in [0.717, 1.165) is 17.7 Å². The van der Waals surface area contributed by atoms with Crippen LogP contribution in [0.25, 0.3) is 0 Å². The Balaban J connectivity index is 1.93. The van der Waals surface area contributed by atoms with Gasteiger partial charge in [-0.2, -0.15) is 13.2 Å². The zero-order valence-electron chi connectivity index (χ0n) is 11.6. The van der Waals surface area contributed by atoms with Crippen molar-refractivity contribution in [1.82, 2.24) is 9.55 Å².